The van der Waals surface area contributed by atoms with E-state index in [9.17, 15) is 9.90 Å². The number of nitrogens with zero attached hydrogens (tertiary/aromatic N) is 1. The minimum atomic E-state index is -0.374. The molecule has 0 spiro atoms. The maximum atomic E-state index is 12.7. The molecular formula is C20H30N2O2. The second-order valence-electron chi connectivity index (χ2n) is 7.47. The van der Waals surface area contributed by atoms with Gasteiger partial charge in [0.05, 0.1) is 6.10 Å². The number of likely N-dealkylation sites (tertiary alicyclic amines) is 1. The molecule has 0 aromatic heterocycles. The number of amides is 2. The van der Waals surface area contributed by atoms with Crippen LogP contribution in [0.1, 0.15) is 56.9 Å². The van der Waals surface area contributed by atoms with Crippen molar-refractivity contribution in [2.45, 2.75) is 63.5 Å². The number of aliphatic hydroxyl groups excluding tert-OH is 1. The molecule has 1 aromatic carbocycles. The number of urea groups is 1. The van der Waals surface area contributed by atoms with Crippen molar-refractivity contribution in [3.63, 3.8) is 0 Å². The summed E-state index contributed by atoms with van der Waals surface area (Å²) in [5.74, 6) is 0.876. The van der Waals surface area contributed by atoms with E-state index in [1.807, 2.05) is 25.1 Å². The summed E-state index contributed by atoms with van der Waals surface area (Å²) >= 11 is 0. The Kier molecular flexibility index (Phi) is 5.77. The topological polar surface area (TPSA) is 52.6 Å². The summed E-state index contributed by atoms with van der Waals surface area (Å²) in [6.45, 7) is 3.28. The van der Waals surface area contributed by atoms with Gasteiger partial charge < -0.3 is 15.3 Å². The van der Waals surface area contributed by atoms with Crippen LogP contribution in [0, 0.1) is 5.92 Å². The van der Waals surface area contributed by atoms with Crippen molar-refractivity contribution in [2.75, 3.05) is 13.1 Å². The van der Waals surface area contributed by atoms with E-state index in [-0.39, 0.29) is 18.1 Å². The third-order valence-corrected chi connectivity index (χ3v) is 5.65. The molecule has 132 valence electrons. The lowest BCUT2D eigenvalue weighted by molar-refractivity contribution is 0.137. The highest BCUT2D eigenvalue weighted by atomic mass is 16.3. The molecule has 3 atom stereocenters. The van der Waals surface area contributed by atoms with E-state index in [2.05, 4.69) is 22.3 Å². The maximum absolute atomic E-state index is 12.7. The van der Waals surface area contributed by atoms with Crippen molar-refractivity contribution in [2.24, 2.45) is 5.92 Å². The Morgan fingerprint density at radius 2 is 2.00 bits per heavy atom. The fourth-order valence-corrected chi connectivity index (χ4v) is 4.15. The average molecular weight is 330 g/mol. The highest BCUT2D eigenvalue weighted by molar-refractivity contribution is 5.75. The van der Waals surface area contributed by atoms with Gasteiger partial charge >= 0.3 is 6.03 Å². The summed E-state index contributed by atoms with van der Waals surface area (Å²) < 4.78 is 0. The molecule has 1 aliphatic heterocycles. The minimum Gasteiger partial charge on any atom is -0.393 e. The summed E-state index contributed by atoms with van der Waals surface area (Å²) in [4.78, 5) is 14.7. The Balaban J connectivity index is 1.58. The lowest BCUT2D eigenvalue weighted by Crippen LogP contribution is -2.47. The normalized spacial score (nSPS) is 23.6. The first-order chi connectivity index (χ1) is 11.6. The molecule has 4 heteroatoms. The van der Waals surface area contributed by atoms with Crippen LogP contribution in [0.4, 0.5) is 4.79 Å². The number of nitrogens with one attached hydrogen (secondary N) is 1. The summed E-state index contributed by atoms with van der Waals surface area (Å²) in [6.07, 6.45) is 6.46. The minimum absolute atomic E-state index is 0.0796. The van der Waals surface area contributed by atoms with Gasteiger partial charge in [-0.3, -0.25) is 0 Å². The predicted molar refractivity (Wildman–Crippen MR) is 95.9 cm³/mol. The summed E-state index contributed by atoms with van der Waals surface area (Å²) in [5, 5.41) is 12.9. The predicted octanol–water partition coefficient (Wildman–Crippen LogP) is 3.52. The number of benzene rings is 1. The molecular weight excluding hydrogens is 300 g/mol. The number of hydrogen-bond donors (Lipinski definition) is 2. The van der Waals surface area contributed by atoms with Crippen molar-refractivity contribution in [3.8, 4) is 0 Å². The van der Waals surface area contributed by atoms with E-state index in [0.29, 0.717) is 19.0 Å². The summed E-state index contributed by atoms with van der Waals surface area (Å²) in [7, 11) is 0. The highest BCUT2D eigenvalue weighted by Crippen LogP contribution is 2.37. The Morgan fingerprint density at radius 3 is 2.62 bits per heavy atom. The fraction of sp³-hybridized carbons (Fsp3) is 0.650. The first-order valence-corrected chi connectivity index (χ1v) is 9.42. The molecule has 4 nitrogen and oxygen atoms in total. The van der Waals surface area contributed by atoms with Gasteiger partial charge in [0.2, 0.25) is 0 Å². The second kappa shape index (κ2) is 8.02. The van der Waals surface area contributed by atoms with Gasteiger partial charge in [0, 0.05) is 25.0 Å². The SMILES string of the molecule is C[C@H](O)C[C@@H](CNC(=O)N1CCC[C@H]1C1CCC1)c1ccccc1. The number of hydrogen-bond acceptors (Lipinski definition) is 2. The van der Waals surface area contributed by atoms with Crippen molar-refractivity contribution in [3.05, 3.63) is 35.9 Å². The van der Waals surface area contributed by atoms with Gasteiger partial charge in [-0.15, -0.1) is 0 Å². The molecule has 1 saturated carbocycles. The quantitative estimate of drug-likeness (QED) is 0.838. The zero-order valence-corrected chi connectivity index (χ0v) is 14.7. The largest absolute Gasteiger partial charge is 0.393 e. The lowest BCUT2D eigenvalue weighted by atomic mass is 9.79. The number of carbonyl (C=O) groups excluding carboxylic acids is 1. The molecule has 2 fully saturated rings. The molecule has 0 radical (unpaired) electrons. The number of aliphatic hydroxyl groups is 1. The Labute approximate surface area is 145 Å². The van der Waals surface area contributed by atoms with E-state index in [1.54, 1.807) is 0 Å². The van der Waals surface area contributed by atoms with Crippen LogP contribution in [0.3, 0.4) is 0 Å². The van der Waals surface area contributed by atoms with Crippen LogP contribution >= 0.6 is 0 Å². The highest BCUT2D eigenvalue weighted by Gasteiger charge is 2.37. The van der Waals surface area contributed by atoms with E-state index in [4.69, 9.17) is 0 Å². The monoisotopic (exact) mass is 330 g/mol. The van der Waals surface area contributed by atoms with Gasteiger partial charge in [-0.05, 0) is 50.5 Å². The van der Waals surface area contributed by atoms with E-state index in [1.165, 1.54) is 24.8 Å². The molecule has 1 heterocycles. The van der Waals surface area contributed by atoms with Crippen LogP contribution in [0.5, 0.6) is 0 Å². The maximum Gasteiger partial charge on any atom is 0.317 e. The van der Waals surface area contributed by atoms with Crippen LogP contribution in [0.2, 0.25) is 0 Å². The molecule has 2 N–H and O–H groups in total. The van der Waals surface area contributed by atoms with Crippen LogP contribution in [-0.4, -0.2) is 41.3 Å². The summed E-state index contributed by atoms with van der Waals surface area (Å²) in [6, 6.07) is 10.7. The van der Waals surface area contributed by atoms with E-state index >= 15 is 0 Å². The number of carbonyl (C=O) groups is 1. The fourth-order valence-electron chi connectivity index (χ4n) is 4.15. The van der Waals surface area contributed by atoms with Crippen molar-refractivity contribution in [1.82, 2.24) is 10.2 Å². The first kappa shape index (κ1) is 17.3. The molecule has 1 aromatic rings. The number of rotatable bonds is 6. The Bertz CT molecular complexity index is 528. The average Bonchev–Trinajstić information content (AvgIpc) is 2.99. The Morgan fingerprint density at radius 1 is 1.25 bits per heavy atom. The van der Waals surface area contributed by atoms with Gasteiger partial charge in [0.1, 0.15) is 0 Å². The van der Waals surface area contributed by atoms with Gasteiger partial charge in [-0.1, -0.05) is 36.8 Å². The van der Waals surface area contributed by atoms with Gasteiger partial charge in [0.15, 0.2) is 0 Å². The zero-order valence-electron chi connectivity index (χ0n) is 14.7. The zero-order chi connectivity index (χ0) is 16.9. The van der Waals surface area contributed by atoms with Gasteiger partial charge in [-0.2, -0.15) is 0 Å². The van der Waals surface area contributed by atoms with Crippen molar-refractivity contribution >= 4 is 6.03 Å². The van der Waals surface area contributed by atoms with Gasteiger partial charge in [-0.25, -0.2) is 4.79 Å². The first-order valence-electron chi connectivity index (χ1n) is 9.42. The van der Waals surface area contributed by atoms with Crippen molar-refractivity contribution in [1.29, 1.82) is 0 Å². The summed E-state index contributed by atoms with van der Waals surface area (Å²) in [5.41, 5.74) is 1.18. The molecule has 0 unspecified atom stereocenters. The standard InChI is InChI=1S/C20H30N2O2/c1-15(23)13-18(16-7-3-2-4-8-16)14-21-20(24)22-12-6-11-19(22)17-9-5-10-17/h2-4,7-8,15,17-19,23H,5-6,9-14H2,1H3,(H,21,24)/t15-,18-,19-/m0/s1. The second-order valence-corrected chi connectivity index (χ2v) is 7.47. The van der Waals surface area contributed by atoms with E-state index < -0.39 is 0 Å². The lowest BCUT2D eigenvalue weighted by Gasteiger charge is -2.37. The van der Waals surface area contributed by atoms with Crippen LogP contribution in [0.15, 0.2) is 30.3 Å². The molecule has 24 heavy (non-hydrogen) atoms. The van der Waals surface area contributed by atoms with Gasteiger partial charge in [0.25, 0.3) is 0 Å². The molecule has 0 bridgehead atoms. The third-order valence-electron chi connectivity index (χ3n) is 5.65. The smallest absolute Gasteiger partial charge is 0.317 e. The Hall–Kier alpha value is -1.55. The molecule has 2 amide bonds. The van der Waals surface area contributed by atoms with Crippen molar-refractivity contribution < 1.29 is 9.90 Å². The third kappa shape index (κ3) is 4.10. The molecule has 2 aliphatic rings. The van der Waals surface area contributed by atoms with E-state index in [0.717, 1.165) is 25.3 Å². The molecule has 1 saturated heterocycles. The van der Waals surface area contributed by atoms with Crippen LogP contribution in [-0.2, 0) is 0 Å². The van der Waals surface area contributed by atoms with Crippen LogP contribution in [0.25, 0.3) is 0 Å². The molecule has 3 rings (SSSR count). The van der Waals surface area contributed by atoms with Crippen LogP contribution < -0.4 is 5.32 Å². The molecule has 1 aliphatic carbocycles.